The van der Waals surface area contributed by atoms with Crippen LogP contribution in [0.4, 0.5) is 0 Å². The minimum atomic E-state index is -4.60. The molecule has 9 heteroatoms. The van der Waals surface area contributed by atoms with Crippen LogP contribution in [0.1, 0.15) is 239 Å². The molecule has 0 fully saturated rings. The Kier molecular flexibility index (Phi) is 50.4. The molecule has 0 heterocycles. The van der Waals surface area contributed by atoms with Gasteiger partial charge in [0, 0.05) is 6.42 Å². The Morgan fingerprint density at radius 3 is 1.25 bits per heavy atom. The number of phosphoric ester groups is 1. The van der Waals surface area contributed by atoms with E-state index in [0.717, 1.165) is 83.5 Å². The van der Waals surface area contributed by atoms with Gasteiger partial charge in [0.15, 0.2) is 0 Å². The zero-order chi connectivity index (χ0) is 52.0. The van der Waals surface area contributed by atoms with Crippen LogP contribution in [-0.2, 0) is 18.4 Å². The molecule has 1 amide bonds. The van der Waals surface area contributed by atoms with Crippen LogP contribution in [0.5, 0.6) is 0 Å². The molecular weight excluding hydrogens is 900 g/mol. The summed E-state index contributed by atoms with van der Waals surface area (Å²) in [6, 6.07) is -0.910. The lowest BCUT2D eigenvalue weighted by molar-refractivity contribution is -0.870. The van der Waals surface area contributed by atoms with Gasteiger partial charge < -0.3 is 28.8 Å². The summed E-state index contributed by atoms with van der Waals surface area (Å²) in [6.07, 6.45) is 75.4. The zero-order valence-electron chi connectivity index (χ0n) is 46.6. The smallest absolute Gasteiger partial charge is 0.268 e. The third-order valence-electron chi connectivity index (χ3n) is 12.5. The average molecular weight is 1010 g/mol. The van der Waals surface area contributed by atoms with Gasteiger partial charge in [-0.3, -0.25) is 9.36 Å². The van der Waals surface area contributed by atoms with Gasteiger partial charge in [-0.15, -0.1) is 0 Å². The van der Waals surface area contributed by atoms with E-state index in [9.17, 15) is 19.4 Å². The molecule has 0 saturated carbocycles. The molecule has 0 rings (SSSR count). The summed E-state index contributed by atoms with van der Waals surface area (Å²) in [5, 5.41) is 13.7. The molecule has 410 valence electrons. The van der Waals surface area contributed by atoms with Crippen molar-refractivity contribution in [2.45, 2.75) is 251 Å². The van der Waals surface area contributed by atoms with Crippen molar-refractivity contribution in [3.05, 3.63) is 97.2 Å². The number of nitrogens with one attached hydrogen (secondary N) is 1. The maximum atomic E-state index is 12.9. The molecule has 0 aromatic carbocycles. The molecular formula is C62H111N2O6P. The van der Waals surface area contributed by atoms with Crippen LogP contribution in [0.2, 0.25) is 0 Å². The van der Waals surface area contributed by atoms with E-state index in [1.807, 2.05) is 27.2 Å². The van der Waals surface area contributed by atoms with Crippen molar-refractivity contribution in [3.63, 3.8) is 0 Å². The van der Waals surface area contributed by atoms with Gasteiger partial charge in [-0.1, -0.05) is 246 Å². The molecule has 3 atom stereocenters. The highest BCUT2D eigenvalue weighted by molar-refractivity contribution is 7.45. The number of rotatable bonds is 52. The molecule has 0 radical (unpaired) electrons. The van der Waals surface area contributed by atoms with Gasteiger partial charge in [-0.05, 0) is 83.5 Å². The van der Waals surface area contributed by atoms with E-state index in [4.69, 9.17) is 9.05 Å². The Labute approximate surface area is 439 Å². The van der Waals surface area contributed by atoms with Crippen LogP contribution in [0, 0.1) is 0 Å². The Balaban J connectivity index is 3.87. The minimum absolute atomic E-state index is 0.0111. The van der Waals surface area contributed by atoms with E-state index < -0.39 is 26.6 Å². The lowest BCUT2D eigenvalue weighted by Crippen LogP contribution is -2.45. The number of aliphatic hydroxyl groups is 1. The monoisotopic (exact) mass is 1010 g/mol. The summed E-state index contributed by atoms with van der Waals surface area (Å²) in [7, 11) is 1.23. The van der Waals surface area contributed by atoms with Crippen molar-refractivity contribution in [1.82, 2.24) is 5.32 Å². The van der Waals surface area contributed by atoms with E-state index in [1.165, 1.54) is 135 Å². The van der Waals surface area contributed by atoms with E-state index >= 15 is 0 Å². The van der Waals surface area contributed by atoms with Gasteiger partial charge in [0.1, 0.15) is 13.2 Å². The van der Waals surface area contributed by atoms with Gasteiger partial charge in [-0.2, -0.15) is 0 Å². The summed E-state index contributed by atoms with van der Waals surface area (Å²) in [6.45, 7) is 4.37. The fourth-order valence-electron chi connectivity index (χ4n) is 8.04. The molecule has 71 heavy (non-hydrogen) atoms. The molecule has 8 nitrogen and oxygen atoms in total. The summed E-state index contributed by atoms with van der Waals surface area (Å²) in [4.78, 5) is 25.4. The van der Waals surface area contributed by atoms with Crippen LogP contribution in [0.15, 0.2) is 97.2 Å². The third kappa shape index (κ3) is 55.0. The van der Waals surface area contributed by atoms with E-state index in [1.54, 1.807) is 6.08 Å². The molecule has 0 aromatic heterocycles. The van der Waals surface area contributed by atoms with Crippen LogP contribution < -0.4 is 10.2 Å². The number of nitrogens with zero attached hydrogens (tertiary/aromatic N) is 1. The van der Waals surface area contributed by atoms with E-state index in [-0.39, 0.29) is 12.5 Å². The fourth-order valence-corrected chi connectivity index (χ4v) is 8.77. The minimum Gasteiger partial charge on any atom is -0.756 e. The van der Waals surface area contributed by atoms with Crippen molar-refractivity contribution in [3.8, 4) is 0 Å². The number of likely N-dealkylation sites (N-methyl/N-ethyl adjacent to an activating group) is 1. The first-order valence-corrected chi connectivity index (χ1v) is 30.6. The second kappa shape index (κ2) is 52.3. The number of hydrogen-bond acceptors (Lipinski definition) is 6. The highest BCUT2D eigenvalue weighted by Gasteiger charge is 2.23. The number of unbranched alkanes of at least 4 members (excludes halogenated alkanes) is 25. The summed E-state index contributed by atoms with van der Waals surface area (Å²) in [5.41, 5.74) is 0. The van der Waals surface area contributed by atoms with Crippen molar-refractivity contribution < 1.29 is 32.9 Å². The Morgan fingerprint density at radius 1 is 0.493 bits per heavy atom. The average Bonchev–Trinajstić information content (AvgIpc) is 3.33. The van der Waals surface area contributed by atoms with Crippen LogP contribution in [-0.4, -0.2) is 68.5 Å². The van der Waals surface area contributed by atoms with E-state index in [0.29, 0.717) is 17.4 Å². The van der Waals surface area contributed by atoms with Gasteiger partial charge in [-0.25, -0.2) is 0 Å². The number of quaternary nitrogens is 1. The Bertz CT molecular complexity index is 1470. The van der Waals surface area contributed by atoms with Crippen LogP contribution >= 0.6 is 7.82 Å². The Hall–Kier alpha value is -2.58. The highest BCUT2D eigenvalue weighted by atomic mass is 31.2. The van der Waals surface area contributed by atoms with Crippen LogP contribution in [0.3, 0.4) is 0 Å². The predicted molar refractivity (Wildman–Crippen MR) is 306 cm³/mol. The van der Waals surface area contributed by atoms with E-state index in [2.05, 4.69) is 104 Å². The number of hydrogen-bond donors (Lipinski definition) is 2. The second-order valence-corrected chi connectivity index (χ2v) is 22.0. The lowest BCUT2D eigenvalue weighted by Gasteiger charge is -2.29. The maximum absolute atomic E-state index is 12.9. The third-order valence-corrected chi connectivity index (χ3v) is 13.5. The summed E-state index contributed by atoms with van der Waals surface area (Å²) < 4.78 is 23.2. The van der Waals surface area contributed by atoms with Crippen molar-refractivity contribution >= 4 is 13.7 Å². The molecule has 3 unspecified atom stereocenters. The molecule has 0 bridgehead atoms. The number of allylic oxidation sites excluding steroid dienone is 15. The van der Waals surface area contributed by atoms with Gasteiger partial charge in [0.05, 0.1) is 39.9 Å². The first kappa shape index (κ1) is 68.4. The van der Waals surface area contributed by atoms with Gasteiger partial charge >= 0.3 is 0 Å². The van der Waals surface area contributed by atoms with Gasteiger partial charge in [0.25, 0.3) is 7.82 Å². The Morgan fingerprint density at radius 2 is 0.831 bits per heavy atom. The quantitative estimate of drug-likeness (QED) is 0.0272. The highest BCUT2D eigenvalue weighted by Crippen LogP contribution is 2.38. The van der Waals surface area contributed by atoms with Crippen molar-refractivity contribution in [1.29, 1.82) is 0 Å². The molecule has 0 spiro atoms. The number of aliphatic hydroxyl groups excluding tert-OH is 1. The molecule has 0 aliphatic carbocycles. The molecule has 0 aliphatic rings. The largest absolute Gasteiger partial charge is 0.756 e. The first-order valence-electron chi connectivity index (χ1n) is 29.1. The second-order valence-electron chi connectivity index (χ2n) is 20.6. The van der Waals surface area contributed by atoms with Crippen molar-refractivity contribution in [2.24, 2.45) is 0 Å². The standard InChI is InChI=1S/C62H111N2O6P/c1-6-8-10-12-14-16-18-19-20-21-22-23-24-25-26-27-28-29-30-31-32-33-34-35-36-37-38-39-40-41-42-43-44-45-46-48-50-52-54-56-62(66)63-60(59-70-71(67,68)69-58-57-64(3,4)5)61(65)55-53-51-49-47-17-15-13-11-9-7-2/h8-11,14,16-17,19-20,22-23,25-26,47,53,55,60-61,65H,6-7,12-13,15,18,21,24,27-46,48-52,54,56-59H2,1-5H3,(H-,63,66,67,68)/b10-8-,11-9+,16-14-,20-19-,23-22-,26-25-,47-17+,55-53+. The number of amides is 1. The molecule has 2 N–H and O–H groups in total. The lowest BCUT2D eigenvalue weighted by atomic mass is 10.0. The molecule has 0 aromatic rings. The number of phosphoric acid groups is 1. The fraction of sp³-hybridized carbons (Fsp3) is 0.726. The normalized spacial score (nSPS) is 14.6. The molecule has 0 aliphatic heterocycles. The maximum Gasteiger partial charge on any atom is 0.268 e. The summed E-state index contributed by atoms with van der Waals surface area (Å²) >= 11 is 0. The van der Waals surface area contributed by atoms with Crippen molar-refractivity contribution in [2.75, 3.05) is 40.9 Å². The number of carbonyl (C=O) groups is 1. The predicted octanol–water partition coefficient (Wildman–Crippen LogP) is 17.2. The van der Waals surface area contributed by atoms with Crippen LogP contribution in [0.25, 0.3) is 0 Å². The molecule has 0 saturated heterocycles. The van der Waals surface area contributed by atoms with Gasteiger partial charge in [0.2, 0.25) is 5.91 Å². The zero-order valence-corrected chi connectivity index (χ0v) is 47.5. The first-order chi connectivity index (χ1) is 34.5. The number of carbonyl (C=O) groups excluding carboxylic acids is 1. The summed E-state index contributed by atoms with van der Waals surface area (Å²) in [5.74, 6) is -0.214. The topological polar surface area (TPSA) is 108 Å². The SMILES string of the molecule is CC/C=C\C/C=C\C/C=C\C/C=C\C/C=C\CCCCCCCCCCCCCCCCCCCCCCCCCC(=O)NC(COP(=O)([O-])OCC[N+](C)(C)C)C(O)/C=C/CC/C=C/CC/C=C/CC.